The lowest BCUT2D eigenvalue weighted by molar-refractivity contribution is -0.121. The SMILES string of the molecule is CCN[C@H](C)CNC(=O)CCCc1ncc(-c2ccccc2)o1. The van der Waals surface area contributed by atoms with E-state index in [0.29, 0.717) is 31.3 Å². The van der Waals surface area contributed by atoms with Crippen LogP contribution in [0.15, 0.2) is 40.9 Å². The molecule has 0 aliphatic rings. The summed E-state index contributed by atoms with van der Waals surface area (Å²) in [6, 6.07) is 10.2. The summed E-state index contributed by atoms with van der Waals surface area (Å²) >= 11 is 0. The second-order valence-electron chi connectivity index (χ2n) is 5.60. The zero-order valence-electron chi connectivity index (χ0n) is 13.8. The van der Waals surface area contributed by atoms with E-state index in [1.807, 2.05) is 30.3 Å². The third-order valence-electron chi connectivity index (χ3n) is 3.56. The highest BCUT2D eigenvalue weighted by molar-refractivity contribution is 5.75. The third-order valence-corrected chi connectivity index (χ3v) is 3.56. The molecule has 5 nitrogen and oxygen atoms in total. The molecule has 0 unspecified atom stereocenters. The van der Waals surface area contributed by atoms with Crippen molar-refractivity contribution < 1.29 is 9.21 Å². The third kappa shape index (κ3) is 5.87. The Kier molecular flexibility index (Phi) is 6.81. The number of hydrogen-bond acceptors (Lipinski definition) is 4. The Labute approximate surface area is 137 Å². The van der Waals surface area contributed by atoms with Crippen molar-refractivity contribution in [2.24, 2.45) is 0 Å². The molecule has 1 aromatic heterocycles. The smallest absolute Gasteiger partial charge is 0.220 e. The molecule has 0 aliphatic heterocycles. The minimum Gasteiger partial charge on any atom is -0.441 e. The Morgan fingerprint density at radius 2 is 2.09 bits per heavy atom. The van der Waals surface area contributed by atoms with Gasteiger partial charge in [-0.25, -0.2) is 4.98 Å². The zero-order valence-corrected chi connectivity index (χ0v) is 13.8. The van der Waals surface area contributed by atoms with E-state index in [1.165, 1.54) is 0 Å². The lowest BCUT2D eigenvalue weighted by Crippen LogP contribution is -2.38. The maximum absolute atomic E-state index is 11.8. The molecule has 0 saturated heterocycles. The van der Waals surface area contributed by atoms with Crippen molar-refractivity contribution in [2.45, 2.75) is 39.2 Å². The molecule has 0 fully saturated rings. The van der Waals surface area contributed by atoms with E-state index in [0.717, 1.165) is 24.3 Å². The number of aryl methyl sites for hydroxylation is 1. The van der Waals surface area contributed by atoms with Crippen molar-refractivity contribution in [2.75, 3.05) is 13.1 Å². The summed E-state index contributed by atoms with van der Waals surface area (Å²) in [7, 11) is 0. The van der Waals surface area contributed by atoms with Crippen LogP contribution in [0, 0.1) is 0 Å². The van der Waals surface area contributed by atoms with Gasteiger partial charge in [-0.1, -0.05) is 37.3 Å². The zero-order chi connectivity index (χ0) is 16.5. The van der Waals surface area contributed by atoms with Gasteiger partial charge in [-0.3, -0.25) is 4.79 Å². The van der Waals surface area contributed by atoms with Crippen LogP contribution in [0.2, 0.25) is 0 Å². The van der Waals surface area contributed by atoms with E-state index in [4.69, 9.17) is 4.42 Å². The molecule has 23 heavy (non-hydrogen) atoms. The predicted octanol–water partition coefficient (Wildman–Crippen LogP) is 2.78. The van der Waals surface area contributed by atoms with Crippen LogP contribution in [0.4, 0.5) is 0 Å². The molecule has 1 atom stereocenters. The van der Waals surface area contributed by atoms with Crippen LogP contribution in [0.1, 0.15) is 32.6 Å². The highest BCUT2D eigenvalue weighted by Crippen LogP contribution is 2.20. The topological polar surface area (TPSA) is 67.2 Å². The van der Waals surface area contributed by atoms with Gasteiger partial charge in [0.1, 0.15) is 0 Å². The van der Waals surface area contributed by atoms with Crippen LogP contribution in [-0.2, 0) is 11.2 Å². The lowest BCUT2D eigenvalue weighted by Gasteiger charge is -2.12. The summed E-state index contributed by atoms with van der Waals surface area (Å²) in [5.74, 6) is 1.52. The highest BCUT2D eigenvalue weighted by atomic mass is 16.4. The molecule has 1 heterocycles. The number of rotatable bonds is 9. The van der Waals surface area contributed by atoms with Crippen molar-refractivity contribution in [3.63, 3.8) is 0 Å². The molecular formula is C18H25N3O2. The second kappa shape index (κ2) is 9.10. The van der Waals surface area contributed by atoms with E-state index in [-0.39, 0.29) is 5.91 Å². The second-order valence-corrected chi connectivity index (χ2v) is 5.60. The number of nitrogens with zero attached hydrogens (tertiary/aromatic N) is 1. The van der Waals surface area contributed by atoms with Crippen LogP contribution < -0.4 is 10.6 Å². The average molecular weight is 315 g/mol. The van der Waals surface area contributed by atoms with E-state index in [2.05, 4.69) is 29.5 Å². The first-order valence-electron chi connectivity index (χ1n) is 8.19. The number of benzene rings is 1. The van der Waals surface area contributed by atoms with E-state index >= 15 is 0 Å². The molecule has 2 N–H and O–H groups in total. The van der Waals surface area contributed by atoms with Crippen molar-refractivity contribution in [1.82, 2.24) is 15.6 Å². The van der Waals surface area contributed by atoms with Crippen molar-refractivity contribution >= 4 is 5.91 Å². The number of carbonyl (C=O) groups is 1. The number of amides is 1. The Balaban J connectivity index is 1.70. The van der Waals surface area contributed by atoms with Crippen LogP contribution in [0.5, 0.6) is 0 Å². The van der Waals surface area contributed by atoms with Gasteiger partial charge in [-0.05, 0) is 19.9 Å². The largest absolute Gasteiger partial charge is 0.441 e. The number of oxazole rings is 1. The first-order valence-corrected chi connectivity index (χ1v) is 8.19. The average Bonchev–Trinajstić information content (AvgIpc) is 3.03. The summed E-state index contributed by atoms with van der Waals surface area (Å²) in [6.45, 7) is 5.68. The molecule has 5 heteroatoms. The highest BCUT2D eigenvalue weighted by Gasteiger charge is 2.08. The van der Waals surface area contributed by atoms with Crippen molar-refractivity contribution in [3.05, 3.63) is 42.4 Å². The Morgan fingerprint density at radius 3 is 2.83 bits per heavy atom. The van der Waals surface area contributed by atoms with Crippen LogP contribution in [0.25, 0.3) is 11.3 Å². The van der Waals surface area contributed by atoms with Gasteiger partial charge in [0.05, 0.1) is 6.20 Å². The van der Waals surface area contributed by atoms with Gasteiger partial charge < -0.3 is 15.1 Å². The van der Waals surface area contributed by atoms with Crippen LogP contribution in [-0.4, -0.2) is 30.0 Å². The monoisotopic (exact) mass is 315 g/mol. The number of carbonyl (C=O) groups excluding carboxylic acids is 1. The summed E-state index contributed by atoms with van der Waals surface area (Å²) < 4.78 is 5.73. The van der Waals surface area contributed by atoms with Gasteiger partial charge in [-0.2, -0.15) is 0 Å². The fourth-order valence-corrected chi connectivity index (χ4v) is 2.34. The van der Waals surface area contributed by atoms with Crippen LogP contribution in [0.3, 0.4) is 0 Å². The van der Waals surface area contributed by atoms with Gasteiger partial charge in [-0.15, -0.1) is 0 Å². The standard InChI is InChI=1S/C18H25N3O2/c1-3-19-14(2)12-20-17(22)10-7-11-18-21-13-16(23-18)15-8-5-4-6-9-15/h4-6,8-9,13-14,19H,3,7,10-12H2,1-2H3,(H,20,22)/t14-/m1/s1. The van der Waals surface area contributed by atoms with E-state index < -0.39 is 0 Å². The van der Waals surface area contributed by atoms with E-state index in [1.54, 1.807) is 6.20 Å². The molecule has 124 valence electrons. The molecule has 1 amide bonds. The molecule has 2 aromatic rings. The summed E-state index contributed by atoms with van der Waals surface area (Å²) in [4.78, 5) is 16.1. The molecule has 1 aromatic carbocycles. The molecule has 0 radical (unpaired) electrons. The molecule has 0 spiro atoms. The summed E-state index contributed by atoms with van der Waals surface area (Å²) in [5.41, 5.74) is 1.02. The molecule has 0 saturated carbocycles. The Hall–Kier alpha value is -2.14. The number of aromatic nitrogens is 1. The van der Waals surface area contributed by atoms with Crippen LogP contribution >= 0.6 is 0 Å². The van der Waals surface area contributed by atoms with Gasteiger partial charge in [0.25, 0.3) is 0 Å². The van der Waals surface area contributed by atoms with Gasteiger partial charge in [0, 0.05) is 31.0 Å². The molecule has 0 aliphatic carbocycles. The fourth-order valence-electron chi connectivity index (χ4n) is 2.34. The minimum absolute atomic E-state index is 0.0737. The number of nitrogens with one attached hydrogen (secondary N) is 2. The first kappa shape index (κ1) is 17.2. The first-order chi connectivity index (χ1) is 11.2. The molecular weight excluding hydrogens is 290 g/mol. The molecule has 0 bridgehead atoms. The minimum atomic E-state index is 0.0737. The quantitative estimate of drug-likeness (QED) is 0.747. The van der Waals surface area contributed by atoms with Crippen molar-refractivity contribution in [1.29, 1.82) is 0 Å². The van der Waals surface area contributed by atoms with Gasteiger partial charge >= 0.3 is 0 Å². The molecule has 2 rings (SSSR count). The maximum atomic E-state index is 11.8. The van der Waals surface area contributed by atoms with Crippen molar-refractivity contribution in [3.8, 4) is 11.3 Å². The summed E-state index contributed by atoms with van der Waals surface area (Å²) in [6.07, 6.45) is 3.63. The predicted molar refractivity (Wildman–Crippen MR) is 91.0 cm³/mol. The maximum Gasteiger partial charge on any atom is 0.220 e. The Bertz CT molecular complexity index is 595. The number of likely N-dealkylation sites (N-methyl/N-ethyl adjacent to an activating group) is 1. The number of hydrogen-bond donors (Lipinski definition) is 2. The normalized spacial score (nSPS) is 12.1. The fraction of sp³-hybridized carbons (Fsp3) is 0.444. The van der Waals surface area contributed by atoms with Gasteiger partial charge in [0.15, 0.2) is 11.7 Å². The Morgan fingerprint density at radius 1 is 1.30 bits per heavy atom. The van der Waals surface area contributed by atoms with Gasteiger partial charge in [0.2, 0.25) is 5.91 Å². The lowest BCUT2D eigenvalue weighted by atomic mass is 10.2. The summed E-state index contributed by atoms with van der Waals surface area (Å²) in [5, 5.41) is 6.19. The van der Waals surface area contributed by atoms with E-state index in [9.17, 15) is 4.79 Å².